The quantitative estimate of drug-likeness (QED) is 0.386. The summed E-state index contributed by atoms with van der Waals surface area (Å²) in [5.41, 5.74) is 7.00. The van der Waals surface area contributed by atoms with Crippen LogP contribution in [0.15, 0.2) is 79.0 Å². The van der Waals surface area contributed by atoms with Crippen molar-refractivity contribution in [1.82, 2.24) is 10.3 Å². The topological polar surface area (TPSA) is 86.5 Å². The number of rotatable bonds is 9. The van der Waals surface area contributed by atoms with Crippen molar-refractivity contribution in [3.63, 3.8) is 0 Å². The number of aromatic nitrogens is 1. The first-order valence-electron chi connectivity index (χ1n) is 12.9. The van der Waals surface area contributed by atoms with Crippen molar-refractivity contribution < 1.29 is 14.0 Å². The van der Waals surface area contributed by atoms with Crippen molar-refractivity contribution in [3.05, 3.63) is 84.7 Å². The van der Waals surface area contributed by atoms with Crippen LogP contribution in [-0.2, 0) is 15.6 Å². The zero-order valence-corrected chi connectivity index (χ0v) is 24.0. The highest BCUT2D eigenvalue weighted by Gasteiger charge is 2.50. The first-order chi connectivity index (χ1) is 17.4. The molecule has 37 heavy (non-hydrogen) atoms. The lowest BCUT2D eigenvalue weighted by molar-refractivity contribution is 0.0482. The second-order valence-corrected chi connectivity index (χ2v) is 15.7. The largest absolute Gasteiger partial charge is 0.444 e. The highest BCUT2D eigenvalue weighted by atomic mass is 28.4. The number of anilines is 1. The molecule has 0 aliphatic carbocycles. The van der Waals surface area contributed by atoms with Gasteiger partial charge in [0.15, 0.2) is 0 Å². The van der Waals surface area contributed by atoms with Gasteiger partial charge in [-0.25, -0.2) is 4.79 Å². The van der Waals surface area contributed by atoms with Crippen LogP contribution in [0.3, 0.4) is 0 Å². The van der Waals surface area contributed by atoms with Crippen molar-refractivity contribution >= 4 is 30.5 Å². The number of alkyl carbamates (subject to hydrolysis) is 1. The smallest absolute Gasteiger partial charge is 0.407 e. The number of benzene rings is 2. The molecular formula is C30H41N3O3Si. The molecule has 0 radical (unpaired) electrons. The fourth-order valence-corrected chi connectivity index (χ4v) is 9.24. The number of carbonyl (C=O) groups excluding carboxylic acids is 1. The maximum atomic E-state index is 12.8. The monoisotopic (exact) mass is 519 g/mol. The third kappa shape index (κ3) is 7.43. The van der Waals surface area contributed by atoms with Crippen LogP contribution in [0.4, 0.5) is 10.5 Å². The van der Waals surface area contributed by atoms with Gasteiger partial charge in [-0.2, -0.15) is 0 Å². The number of amides is 1. The summed E-state index contributed by atoms with van der Waals surface area (Å²) in [5.74, 6) is 0. The van der Waals surface area contributed by atoms with Crippen LogP contribution in [0.1, 0.15) is 53.7 Å². The van der Waals surface area contributed by atoms with E-state index in [1.54, 1.807) is 6.20 Å². The van der Waals surface area contributed by atoms with Crippen molar-refractivity contribution in [1.29, 1.82) is 0 Å². The Kier molecular flexibility index (Phi) is 9.15. The van der Waals surface area contributed by atoms with Gasteiger partial charge in [0.25, 0.3) is 8.32 Å². The van der Waals surface area contributed by atoms with Crippen LogP contribution in [0, 0.1) is 0 Å². The number of aryl methyl sites for hydroxylation is 1. The molecular weight excluding hydrogens is 478 g/mol. The predicted molar refractivity (Wildman–Crippen MR) is 154 cm³/mol. The fraction of sp³-hybridized carbons (Fsp3) is 0.400. The molecule has 198 valence electrons. The molecule has 1 amide bonds. The Hall–Kier alpha value is -3.16. The Balaban J connectivity index is 1.95. The van der Waals surface area contributed by atoms with Crippen molar-refractivity contribution in [2.24, 2.45) is 0 Å². The Morgan fingerprint density at radius 2 is 1.49 bits per heavy atom. The van der Waals surface area contributed by atoms with Gasteiger partial charge in [0, 0.05) is 6.20 Å². The van der Waals surface area contributed by atoms with Crippen LogP contribution >= 0.6 is 0 Å². The molecule has 0 spiro atoms. The standard InChI is InChI=1S/C30H41N3O3Si/c1-29(2,3)36-28(34)33-23(19-20-27-26(31)18-13-21-32-27)22-35-37(30(4,5)6,24-14-9-7-10-15-24)25-16-11-8-12-17-25/h7-18,21,23H,19-20,22,31H2,1-6H3,(H,33,34)/t23-/m0/s1. The Labute approximate surface area is 222 Å². The van der Waals surface area contributed by atoms with Gasteiger partial charge in [-0.3, -0.25) is 4.98 Å². The summed E-state index contributed by atoms with van der Waals surface area (Å²) in [5, 5.41) is 5.28. The molecule has 0 saturated carbocycles. The summed E-state index contributed by atoms with van der Waals surface area (Å²) in [7, 11) is -2.76. The molecule has 1 aromatic heterocycles. The van der Waals surface area contributed by atoms with Crippen LogP contribution in [-0.4, -0.2) is 37.6 Å². The fourth-order valence-electron chi connectivity index (χ4n) is 4.63. The van der Waals surface area contributed by atoms with E-state index in [0.29, 0.717) is 25.1 Å². The summed E-state index contributed by atoms with van der Waals surface area (Å²) >= 11 is 0. The number of ether oxygens (including phenoxy) is 1. The molecule has 0 fully saturated rings. The predicted octanol–water partition coefficient (Wildman–Crippen LogP) is 5.07. The first-order valence-corrected chi connectivity index (χ1v) is 14.8. The van der Waals surface area contributed by atoms with E-state index < -0.39 is 20.0 Å². The summed E-state index contributed by atoms with van der Waals surface area (Å²) in [4.78, 5) is 17.2. The average molecular weight is 520 g/mol. The average Bonchev–Trinajstić information content (AvgIpc) is 2.83. The Morgan fingerprint density at radius 1 is 0.919 bits per heavy atom. The molecule has 0 unspecified atom stereocenters. The number of pyridine rings is 1. The SMILES string of the molecule is CC(C)(C)OC(=O)N[C@@H](CCc1ncccc1N)CO[Si](c1ccccc1)(c1ccccc1)C(C)(C)C. The van der Waals surface area contributed by atoms with E-state index in [2.05, 4.69) is 79.6 Å². The number of nitrogen functional groups attached to an aromatic ring is 1. The lowest BCUT2D eigenvalue weighted by atomic mass is 10.1. The lowest BCUT2D eigenvalue weighted by Crippen LogP contribution is -2.67. The van der Waals surface area contributed by atoms with Crippen LogP contribution in [0.2, 0.25) is 5.04 Å². The van der Waals surface area contributed by atoms with Crippen molar-refractivity contribution in [2.45, 2.75) is 71.1 Å². The minimum atomic E-state index is -2.76. The van der Waals surface area contributed by atoms with E-state index in [0.717, 1.165) is 5.69 Å². The van der Waals surface area contributed by atoms with Gasteiger partial charge in [0.1, 0.15) is 5.60 Å². The molecule has 1 atom stereocenters. The number of hydrogen-bond donors (Lipinski definition) is 2. The molecule has 0 saturated heterocycles. The molecule has 0 aliphatic rings. The molecule has 3 N–H and O–H groups in total. The maximum absolute atomic E-state index is 12.8. The minimum Gasteiger partial charge on any atom is -0.444 e. The Morgan fingerprint density at radius 3 is 1.97 bits per heavy atom. The number of hydrogen-bond acceptors (Lipinski definition) is 5. The highest BCUT2D eigenvalue weighted by molar-refractivity contribution is 6.99. The van der Waals surface area contributed by atoms with E-state index in [9.17, 15) is 4.79 Å². The second kappa shape index (κ2) is 11.9. The lowest BCUT2D eigenvalue weighted by Gasteiger charge is -2.43. The van der Waals surface area contributed by atoms with Gasteiger partial charge in [-0.15, -0.1) is 0 Å². The van der Waals surface area contributed by atoms with Gasteiger partial charge in [0.05, 0.1) is 24.0 Å². The number of nitrogens with two attached hydrogens (primary N) is 1. The third-order valence-corrected chi connectivity index (χ3v) is 11.3. The molecule has 3 rings (SSSR count). The molecule has 7 heteroatoms. The number of nitrogens with zero attached hydrogens (tertiary/aromatic N) is 1. The van der Waals surface area contributed by atoms with Gasteiger partial charge >= 0.3 is 6.09 Å². The maximum Gasteiger partial charge on any atom is 0.407 e. The summed E-state index contributed by atoms with van der Waals surface area (Å²) in [6.07, 6.45) is 2.49. The van der Waals surface area contributed by atoms with Crippen LogP contribution < -0.4 is 21.4 Å². The second-order valence-electron chi connectivity index (χ2n) is 11.4. The molecule has 6 nitrogen and oxygen atoms in total. The van der Waals surface area contributed by atoms with Crippen LogP contribution in [0.25, 0.3) is 0 Å². The highest BCUT2D eigenvalue weighted by Crippen LogP contribution is 2.37. The first kappa shape index (κ1) is 28.4. The van der Waals surface area contributed by atoms with Crippen molar-refractivity contribution in [3.8, 4) is 0 Å². The van der Waals surface area contributed by atoms with Crippen LogP contribution in [0.5, 0.6) is 0 Å². The van der Waals surface area contributed by atoms with E-state index in [-0.39, 0.29) is 11.1 Å². The van der Waals surface area contributed by atoms with E-state index in [1.165, 1.54) is 10.4 Å². The molecule has 2 aromatic carbocycles. The normalized spacial score (nSPS) is 13.1. The number of nitrogens with one attached hydrogen (secondary N) is 1. The summed E-state index contributed by atoms with van der Waals surface area (Å²) in [6, 6.07) is 24.3. The van der Waals surface area contributed by atoms with E-state index in [4.69, 9.17) is 14.9 Å². The zero-order valence-electron chi connectivity index (χ0n) is 23.0. The van der Waals surface area contributed by atoms with E-state index >= 15 is 0 Å². The summed E-state index contributed by atoms with van der Waals surface area (Å²) in [6.45, 7) is 12.6. The van der Waals surface area contributed by atoms with Gasteiger partial charge in [-0.05, 0) is 61.2 Å². The third-order valence-electron chi connectivity index (χ3n) is 6.29. The van der Waals surface area contributed by atoms with E-state index in [1.807, 2.05) is 45.0 Å². The zero-order chi connectivity index (χ0) is 27.1. The minimum absolute atomic E-state index is 0.169. The Bertz CT molecular complexity index is 1100. The molecule has 0 bridgehead atoms. The number of carbonyl (C=O) groups is 1. The van der Waals surface area contributed by atoms with Crippen molar-refractivity contribution in [2.75, 3.05) is 12.3 Å². The summed E-state index contributed by atoms with van der Waals surface area (Å²) < 4.78 is 12.7. The van der Waals surface area contributed by atoms with Gasteiger partial charge in [-0.1, -0.05) is 81.4 Å². The van der Waals surface area contributed by atoms with Gasteiger partial charge in [0.2, 0.25) is 0 Å². The molecule has 3 aromatic rings. The molecule has 0 aliphatic heterocycles. The molecule has 1 heterocycles. The van der Waals surface area contributed by atoms with Gasteiger partial charge < -0.3 is 20.2 Å².